The number of benzene rings is 1. The molecule has 2 heteroatoms. The molecule has 1 rings (SSSR count). The molecule has 0 spiro atoms. The van der Waals surface area contributed by atoms with Crippen molar-refractivity contribution in [1.29, 1.82) is 0 Å². The minimum absolute atomic E-state index is 0.250. The summed E-state index contributed by atoms with van der Waals surface area (Å²) in [4.78, 5) is 11.1. The van der Waals surface area contributed by atoms with Crippen molar-refractivity contribution >= 4 is 17.4 Å². The lowest BCUT2D eigenvalue weighted by molar-refractivity contribution is -0.118. The van der Waals surface area contributed by atoms with Gasteiger partial charge in [-0.1, -0.05) is 30.7 Å². The summed E-state index contributed by atoms with van der Waals surface area (Å²) in [6.45, 7) is 3.83. The molecule has 70 valence electrons. The predicted octanol–water partition coefficient (Wildman–Crippen LogP) is 3.17. The molecule has 0 unspecified atom stereocenters. The highest BCUT2D eigenvalue weighted by Gasteiger charge is 2.02. The van der Waals surface area contributed by atoms with Crippen LogP contribution in [0, 0.1) is 6.92 Å². The minimum Gasteiger partial charge on any atom is -0.299 e. The lowest BCUT2D eigenvalue weighted by Crippen LogP contribution is -2.00. The number of carbonyl (C=O) groups excluding carboxylic acids is 1. The highest BCUT2D eigenvalue weighted by Crippen LogP contribution is 2.17. The second-order valence-electron chi connectivity index (χ2n) is 3.15. The van der Waals surface area contributed by atoms with E-state index >= 15 is 0 Å². The summed E-state index contributed by atoms with van der Waals surface area (Å²) >= 11 is 5.93. The third-order valence-corrected chi connectivity index (χ3v) is 2.44. The Morgan fingerprint density at radius 2 is 2.15 bits per heavy atom. The molecular weight excluding hydrogens is 184 g/mol. The Kier molecular flexibility index (Phi) is 3.49. The molecule has 0 saturated carbocycles. The maximum atomic E-state index is 11.1. The Labute approximate surface area is 83.7 Å². The number of hydrogen-bond acceptors (Lipinski definition) is 1. The van der Waals surface area contributed by atoms with Gasteiger partial charge in [0.25, 0.3) is 0 Å². The summed E-state index contributed by atoms with van der Waals surface area (Å²) in [6.07, 6.45) is 1.09. The first kappa shape index (κ1) is 10.3. The number of hydrogen-bond donors (Lipinski definition) is 0. The molecule has 0 heterocycles. The third kappa shape index (κ3) is 2.85. The Morgan fingerprint density at radius 1 is 1.46 bits per heavy atom. The van der Waals surface area contributed by atoms with Gasteiger partial charge in [0.15, 0.2) is 0 Å². The van der Waals surface area contributed by atoms with E-state index in [1.807, 2.05) is 32.0 Å². The van der Waals surface area contributed by atoms with Gasteiger partial charge in [0.05, 0.1) is 0 Å². The van der Waals surface area contributed by atoms with Gasteiger partial charge in [0.2, 0.25) is 0 Å². The van der Waals surface area contributed by atoms with E-state index in [9.17, 15) is 4.79 Å². The summed E-state index contributed by atoms with van der Waals surface area (Å²) in [7, 11) is 0. The molecular formula is C11H13ClO. The fraction of sp³-hybridized carbons (Fsp3) is 0.364. The first-order chi connectivity index (χ1) is 6.13. The number of aryl methyl sites for hydroxylation is 1. The standard InChI is InChI=1S/C11H13ClO/c1-3-10(13)6-9-5-4-8(2)11(12)7-9/h4-5,7H,3,6H2,1-2H3. The fourth-order valence-corrected chi connectivity index (χ4v) is 1.30. The van der Waals surface area contributed by atoms with Crippen LogP contribution in [0.2, 0.25) is 5.02 Å². The van der Waals surface area contributed by atoms with E-state index in [0.29, 0.717) is 12.8 Å². The van der Waals surface area contributed by atoms with Crippen molar-refractivity contribution in [1.82, 2.24) is 0 Å². The van der Waals surface area contributed by atoms with Gasteiger partial charge in [-0.3, -0.25) is 4.79 Å². The van der Waals surface area contributed by atoms with Crippen LogP contribution < -0.4 is 0 Å². The van der Waals surface area contributed by atoms with E-state index in [1.54, 1.807) is 0 Å². The number of carbonyl (C=O) groups is 1. The van der Waals surface area contributed by atoms with Gasteiger partial charge in [-0.05, 0) is 24.1 Å². The van der Waals surface area contributed by atoms with E-state index < -0.39 is 0 Å². The van der Waals surface area contributed by atoms with E-state index in [2.05, 4.69) is 0 Å². The van der Waals surface area contributed by atoms with E-state index in [4.69, 9.17) is 11.6 Å². The van der Waals surface area contributed by atoms with Crippen LogP contribution in [0.3, 0.4) is 0 Å². The van der Waals surface area contributed by atoms with Crippen LogP contribution in [0.4, 0.5) is 0 Å². The topological polar surface area (TPSA) is 17.1 Å². The molecule has 0 atom stereocenters. The Morgan fingerprint density at radius 3 is 2.69 bits per heavy atom. The van der Waals surface area contributed by atoms with E-state index in [1.165, 1.54) is 0 Å². The molecule has 0 fully saturated rings. The van der Waals surface area contributed by atoms with Gasteiger partial charge in [-0.25, -0.2) is 0 Å². The average Bonchev–Trinajstić information content (AvgIpc) is 2.11. The summed E-state index contributed by atoms with van der Waals surface area (Å²) in [5.41, 5.74) is 2.05. The summed E-state index contributed by atoms with van der Waals surface area (Å²) in [6, 6.07) is 5.76. The molecule has 1 aromatic rings. The average molecular weight is 197 g/mol. The zero-order valence-electron chi connectivity index (χ0n) is 7.93. The van der Waals surface area contributed by atoms with Gasteiger partial charge in [0, 0.05) is 17.9 Å². The summed E-state index contributed by atoms with van der Waals surface area (Å²) in [5.74, 6) is 0.250. The van der Waals surface area contributed by atoms with Crippen LogP contribution in [0.25, 0.3) is 0 Å². The molecule has 0 bridgehead atoms. The number of ketones is 1. The molecule has 0 aliphatic carbocycles. The molecule has 1 aromatic carbocycles. The molecule has 0 radical (unpaired) electrons. The fourth-order valence-electron chi connectivity index (χ4n) is 1.10. The molecule has 0 saturated heterocycles. The number of Topliss-reactive ketones (excluding diaryl/α,β-unsaturated/α-hetero) is 1. The second-order valence-corrected chi connectivity index (χ2v) is 3.56. The van der Waals surface area contributed by atoms with Crippen molar-refractivity contribution in [3.63, 3.8) is 0 Å². The maximum absolute atomic E-state index is 11.1. The maximum Gasteiger partial charge on any atom is 0.136 e. The second kappa shape index (κ2) is 4.43. The highest BCUT2D eigenvalue weighted by atomic mass is 35.5. The van der Waals surface area contributed by atoms with Crippen molar-refractivity contribution in [2.75, 3.05) is 0 Å². The first-order valence-electron chi connectivity index (χ1n) is 4.40. The molecule has 0 N–H and O–H groups in total. The lowest BCUT2D eigenvalue weighted by Gasteiger charge is -2.02. The Hall–Kier alpha value is -0.820. The van der Waals surface area contributed by atoms with Gasteiger partial charge in [-0.2, -0.15) is 0 Å². The predicted molar refractivity (Wildman–Crippen MR) is 55.2 cm³/mol. The zero-order valence-corrected chi connectivity index (χ0v) is 8.69. The van der Waals surface area contributed by atoms with Crippen LogP contribution in [0.15, 0.2) is 18.2 Å². The summed E-state index contributed by atoms with van der Waals surface area (Å²) in [5, 5.41) is 0.737. The zero-order chi connectivity index (χ0) is 9.84. The van der Waals surface area contributed by atoms with Gasteiger partial charge in [0.1, 0.15) is 5.78 Å². The Bertz CT molecular complexity index is 318. The van der Waals surface area contributed by atoms with Crippen molar-refractivity contribution in [2.45, 2.75) is 26.7 Å². The largest absolute Gasteiger partial charge is 0.299 e. The van der Waals surface area contributed by atoms with E-state index in [0.717, 1.165) is 16.1 Å². The number of rotatable bonds is 3. The SMILES string of the molecule is CCC(=O)Cc1ccc(C)c(Cl)c1. The normalized spacial score (nSPS) is 10.1. The smallest absolute Gasteiger partial charge is 0.136 e. The minimum atomic E-state index is 0.250. The quantitative estimate of drug-likeness (QED) is 0.726. The number of halogens is 1. The highest BCUT2D eigenvalue weighted by molar-refractivity contribution is 6.31. The van der Waals surface area contributed by atoms with Crippen LogP contribution in [0.5, 0.6) is 0 Å². The van der Waals surface area contributed by atoms with Crippen LogP contribution in [0.1, 0.15) is 24.5 Å². The van der Waals surface area contributed by atoms with Gasteiger partial charge >= 0.3 is 0 Å². The Balaban J connectivity index is 2.79. The molecule has 0 amide bonds. The van der Waals surface area contributed by atoms with Crippen molar-refractivity contribution in [3.8, 4) is 0 Å². The van der Waals surface area contributed by atoms with Crippen LogP contribution in [-0.2, 0) is 11.2 Å². The van der Waals surface area contributed by atoms with E-state index in [-0.39, 0.29) is 5.78 Å². The molecule has 1 nitrogen and oxygen atoms in total. The monoisotopic (exact) mass is 196 g/mol. The summed E-state index contributed by atoms with van der Waals surface area (Å²) < 4.78 is 0. The van der Waals surface area contributed by atoms with Gasteiger partial charge < -0.3 is 0 Å². The van der Waals surface area contributed by atoms with Crippen molar-refractivity contribution in [2.24, 2.45) is 0 Å². The first-order valence-corrected chi connectivity index (χ1v) is 4.78. The van der Waals surface area contributed by atoms with Gasteiger partial charge in [-0.15, -0.1) is 0 Å². The molecule has 13 heavy (non-hydrogen) atoms. The van der Waals surface area contributed by atoms with Crippen LogP contribution >= 0.6 is 11.6 Å². The third-order valence-electron chi connectivity index (χ3n) is 2.03. The van der Waals surface area contributed by atoms with Crippen LogP contribution in [-0.4, -0.2) is 5.78 Å². The van der Waals surface area contributed by atoms with Crippen molar-refractivity contribution < 1.29 is 4.79 Å². The lowest BCUT2D eigenvalue weighted by atomic mass is 10.1. The molecule has 0 aliphatic rings. The molecule has 0 aromatic heterocycles. The van der Waals surface area contributed by atoms with Crippen molar-refractivity contribution in [3.05, 3.63) is 34.3 Å². The molecule has 0 aliphatic heterocycles.